The van der Waals surface area contributed by atoms with E-state index in [0.29, 0.717) is 0 Å². The molecule has 3 nitrogen and oxygen atoms in total. The average Bonchev–Trinajstić information content (AvgIpc) is 2.76. The van der Waals surface area contributed by atoms with Crippen LogP contribution in [0.25, 0.3) is 0 Å². The van der Waals surface area contributed by atoms with Crippen LogP contribution in [-0.4, -0.2) is 11.9 Å². The van der Waals surface area contributed by atoms with Crippen molar-refractivity contribution in [3.8, 4) is 0 Å². The Bertz CT molecular complexity index is 441. The first-order valence-electron chi connectivity index (χ1n) is 6.37. The van der Waals surface area contributed by atoms with Crippen LogP contribution in [0, 0.1) is 5.92 Å². The van der Waals surface area contributed by atoms with Crippen molar-refractivity contribution in [1.29, 1.82) is 0 Å². The van der Waals surface area contributed by atoms with Crippen molar-refractivity contribution >= 4 is 34.2 Å². The summed E-state index contributed by atoms with van der Waals surface area (Å²) in [5.74, 6) is 0.227. The van der Waals surface area contributed by atoms with Gasteiger partial charge in [0, 0.05) is 16.4 Å². The molecule has 0 radical (unpaired) electrons. The summed E-state index contributed by atoms with van der Waals surface area (Å²) >= 11 is 3.44. The van der Waals surface area contributed by atoms with Crippen molar-refractivity contribution in [3.05, 3.63) is 34.3 Å². The quantitative estimate of drug-likeness (QED) is 0.882. The fourth-order valence-electron chi connectivity index (χ4n) is 2.45. The largest absolute Gasteiger partial charge is 0.349 e. The Morgan fingerprint density at radius 3 is 2.79 bits per heavy atom. The number of carbonyl (C=O) groups excluding carboxylic acids is 1. The van der Waals surface area contributed by atoms with Gasteiger partial charge in [-0.2, -0.15) is 0 Å². The van der Waals surface area contributed by atoms with Crippen LogP contribution >= 0.6 is 28.3 Å². The first-order chi connectivity index (χ1) is 8.56. The van der Waals surface area contributed by atoms with Crippen LogP contribution in [0.4, 0.5) is 0 Å². The molecule has 1 aromatic rings. The van der Waals surface area contributed by atoms with E-state index in [1.807, 2.05) is 31.2 Å². The van der Waals surface area contributed by atoms with Gasteiger partial charge in [-0.3, -0.25) is 4.79 Å². The van der Waals surface area contributed by atoms with Gasteiger partial charge in [0.1, 0.15) is 0 Å². The Labute approximate surface area is 128 Å². The lowest BCUT2D eigenvalue weighted by molar-refractivity contribution is -0.125. The molecule has 0 spiro atoms. The molecule has 3 atom stereocenters. The maximum atomic E-state index is 12.1. The van der Waals surface area contributed by atoms with Crippen LogP contribution in [0.5, 0.6) is 0 Å². The molecule has 2 rings (SSSR count). The molecular formula is C14H20BrClN2O. The Morgan fingerprint density at radius 2 is 2.21 bits per heavy atom. The fraction of sp³-hybridized carbons (Fsp3) is 0.500. The topological polar surface area (TPSA) is 55.1 Å². The predicted molar refractivity (Wildman–Crippen MR) is 83.3 cm³/mol. The van der Waals surface area contributed by atoms with Gasteiger partial charge in [-0.25, -0.2) is 0 Å². The van der Waals surface area contributed by atoms with Crippen LogP contribution in [0.1, 0.15) is 37.8 Å². The number of benzene rings is 1. The highest BCUT2D eigenvalue weighted by Gasteiger charge is 2.28. The molecule has 0 aliphatic heterocycles. The molecule has 5 heteroatoms. The number of carbonyl (C=O) groups is 1. The summed E-state index contributed by atoms with van der Waals surface area (Å²) in [4.78, 5) is 12.1. The number of hydrogen-bond donors (Lipinski definition) is 2. The smallest absolute Gasteiger partial charge is 0.223 e. The second-order valence-electron chi connectivity index (χ2n) is 5.06. The zero-order valence-electron chi connectivity index (χ0n) is 10.9. The van der Waals surface area contributed by atoms with Gasteiger partial charge in [-0.15, -0.1) is 12.4 Å². The lowest BCUT2D eigenvalue weighted by Gasteiger charge is -2.17. The van der Waals surface area contributed by atoms with Crippen molar-refractivity contribution in [2.45, 2.75) is 38.3 Å². The zero-order chi connectivity index (χ0) is 13.1. The van der Waals surface area contributed by atoms with Crippen molar-refractivity contribution in [2.24, 2.45) is 11.7 Å². The Hall–Kier alpha value is -0.580. The molecule has 0 heterocycles. The van der Waals surface area contributed by atoms with Crippen molar-refractivity contribution in [1.82, 2.24) is 5.32 Å². The highest BCUT2D eigenvalue weighted by molar-refractivity contribution is 9.10. The molecule has 19 heavy (non-hydrogen) atoms. The Morgan fingerprint density at radius 1 is 1.47 bits per heavy atom. The minimum absolute atomic E-state index is 0. The molecule has 1 saturated carbocycles. The second-order valence-corrected chi connectivity index (χ2v) is 5.97. The van der Waals surface area contributed by atoms with Crippen LogP contribution < -0.4 is 11.1 Å². The Kier molecular flexibility index (Phi) is 6.30. The lowest BCUT2D eigenvalue weighted by Crippen LogP contribution is -2.32. The predicted octanol–water partition coefficient (Wildman–Crippen LogP) is 3.18. The van der Waals surface area contributed by atoms with Crippen LogP contribution in [0.15, 0.2) is 28.7 Å². The minimum atomic E-state index is 0. The second kappa shape index (κ2) is 7.27. The van der Waals surface area contributed by atoms with Gasteiger partial charge in [0.25, 0.3) is 0 Å². The number of nitrogens with two attached hydrogens (primary N) is 1. The molecule has 3 N–H and O–H groups in total. The molecule has 1 amide bonds. The van der Waals surface area contributed by atoms with Gasteiger partial charge in [0.05, 0.1) is 6.04 Å². The highest BCUT2D eigenvalue weighted by Crippen LogP contribution is 2.25. The molecule has 3 unspecified atom stereocenters. The molecule has 0 aromatic heterocycles. The highest BCUT2D eigenvalue weighted by atomic mass is 79.9. The molecule has 0 saturated heterocycles. The number of nitrogens with one attached hydrogen (secondary N) is 1. The van der Waals surface area contributed by atoms with E-state index in [1.165, 1.54) is 0 Å². The Balaban J connectivity index is 0.00000180. The maximum Gasteiger partial charge on any atom is 0.223 e. The third-order valence-corrected chi connectivity index (χ3v) is 4.04. The van der Waals surface area contributed by atoms with Gasteiger partial charge in [0.15, 0.2) is 0 Å². The SMILES string of the molecule is CC(NC(=O)C1CCC(N)C1)c1cccc(Br)c1.Cl. The normalized spacial score (nSPS) is 23.5. The fourth-order valence-corrected chi connectivity index (χ4v) is 2.86. The van der Waals surface area contributed by atoms with Gasteiger partial charge in [0.2, 0.25) is 5.91 Å². The first kappa shape index (κ1) is 16.5. The van der Waals surface area contributed by atoms with Gasteiger partial charge in [-0.1, -0.05) is 28.1 Å². The zero-order valence-corrected chi connectivity index (χ0v) is 13.3. The van der Waals surface area contributed by atoms with Crippen molar-refractivity contribution in [3.63, 3.8) is 0 Å². The molecule has 0 bridgehead atoms. The summed E-state index contributed by atoms with van der Waals surface area (Å²) in [7, 11) is 0. The summed E-state index contributed by atoms with van der Waals surface area (Å²) in [5, 5.41) is 3.07. The first-order valence-corrected chi connectivity index (χ1v) is 7.17. The van der Waals surface area contributed by atoms with Crippen LogP contribution in [-0.2, 0) is 4.79 Å². The van der Waals surface area contributed by atoms with Crippen LogP contribution in [0.2, 0.25) is 0 Å². The number of halogens is 2. The molecular weight excluding hydrogens is 328 g/mol. The molecule has 106 valence electrons. The molecule has 1 aliphatic carbocycles. The van der Waals surface area contributed by atoms with E-state index in [2.05, 4.69) is 21.2 Å². The van der Waals surface area contributed by atoms with E-state index in [-0.39, 0.29) is 36.3 Å². The van der Waals surface area contributed by atoms with E-state index in [1.54, 1.807) is 0 Å². The van der Waals surface area contributed by atoms with E-state index >= 15 is 0 Å². The molecule has 1 aromatic carbocycles. The summed E-state index contributed by atoms with van der Waals surface area (Å²) < 4.78 is 1.03. The van der Waals surface area contributed by atoms with E-state index in [9.17, 15) is 4.79 Å². The van der Waals surface area contributed by atoms with Crippen molar-refractivity contribution in [2.75, 3.05) is 0 Å². The summed E-state index contributed by atoms with van der Waals surface area (Å²) in [6, 6.07) is 8.25. The maximum absolute atomic E-state index is 12.1. The standard InChI is InChI=1S/C14H19BrN2O.ClH/c1-9(10-3-2-4-12(15)7-10)17-14(18)11-5-6-13(16)8-11;/h2-4,7,9,11,13H,5-6,8,16H2,1H3,(H,17,18);1H. The average molecular weight is 348 g/mol. The number of hydrogen-bond acceptors (Lipinski definition) is 2. The minimum Gasteiger partial charge on any atom is -0.349 e. The third-order valence-electron chi connectivity index (χ3n) is 3.55. The van der Waals surface area contributed by atoms with Gasteiger partial charge >= 0.3 is 0 Å². The summed E-state index contributed by atoms with van der Waals surface area (Å²) in [6.45, 7) is 2.01. The molecule has 1 aliphatic rings. The van der Waals surface area contributed by atoms with Crippen molar-refractivity contribution < 1.29 is 4.79 Å². The van der Waals surface area contributed by atoms with E-state index in [4.69, 9.17) is 5.73 Å². The van der Waals surface area contributed by atoms with E-state index in [0.717, 1.165) is 29.3 Å². The van der Waals surface area contributed by atoms with Gasteiger partial charge < -0.3 is 11.1 Å². The third kappa shape index (κ3) is 4.48. The monoisotopic (exact) mass is 346 g/mol. The van der Waals surface area contributed by atoms with Gasteiger partial charge in [-0.05, 0) is 43.9 Å². The summed E-state index contributed by atoms with van der Waals surface area (Å²) in [5.41, 5.74) is 6.95. The van der Waals surface area contributed by atoms with Crippen LogP contribution in [0.3, 0.4) is 0 Å². The van der Waals surface area contributed by atoms with E-state index < -0.39 is 0 Å². The number of rotatable bonds is 3. The molecule has 1 fully saturated rings. The number of amides is 1. The lowest BCUT2D eigenvalue weighted by atomic mass is 10.0. The summed E-state index contributed by atoms with van der Waals surface area (Å²) in [6.07, 6.45) is 2.69.